The van der Waals surface area contributed by atoms with Gasteiger partial charge in [0, 0.05) is 37.2 Å². The summed E-state index contributed by atoms with van der Waals surface area (Å²) >= 11 is 0. The van der Waals surface area contributed by atoms with E-state index in [1.807, 2.05) is 0 Å². The topological polar surface area (TPSA) is 29.9 Å². The van der Waals surface area contributed by atoms with Crippen molar-refractivity contribution in [3.63, 3.8) is 0 Å². The van der Waals surface area contributed by atoms with E-state index in [1.54, 1.807) is 0 Å². The van der Waals surface area contributed by atoms with Gasteiger partial charge < -0.3 is 5.32 Å². The second kappa shape index (κ2) is 5.06. The van der Waals surface area contributed by atoms with Crippen LogP contribution in [0.15, 0.2) is 30.3 Å². The monoisotopic (exact) mass is 269 g/mol. The summed E-state index contributed by atoms with van der Waals surface area (Å²) in [5.41, 5.74) is 5.51. The van der Waals surface area contributed by atoms with E-state index in [9.17, 15) is 0 Å². The van der Waals surface area contributed by atoms with E-state index in [4.69, 9.17) is 0 Å². The van der Waals surface area contributed by atoms with Gasteiger partial charge in [-0.05, 0) is 32.4 Å². The summed E-state index contributed by atoms with van der Waals surface area (Å²) in [7, 11) is 0. The van der Waals surface area contributed by atoms with E-state index in [0.717, 1.165) is 31.7 Å². The molecule has 1 aromatic heterocycles. The molecule has 2 heterocycles. The van der Waals surface area contributed by atoms with Crippen molar-refractivity contribution < 1.29 is 0 Å². The number of nitrogens with one attached hydrogen (secondary N) is 1. The average molecular weight is 269 g/mol. The molecule has 0 amide bonds. The minimum atomic E-state index is 0.241. The first-order chi connectivity index (χ1) is 9.63. The van der Waals surface area contributed by atoms with Crippen molar-refractivity contribution in [3.8, 4) is 0 Å². The third-order valence-electron chi connectivity index (χ3n) is 4.36. The summed E-state index contributed by atoms with van der Waals surface area (Å²) < 4.78 is 2.14. The summed E-state index contributed by atoms with van der Waals surface area (Å²) in [4.78, 5) is 0. The number of aryl methyl sites for hydroxylation is 3. The average Bonchev–Trinajstić information content (AvgIpc) is 2.74. The highest BCUT2D eigenvalue weighted by molar-refractivity contribution is 5.35. The Morgan fingerprint density at radius 3 is 2.65 bits per heavy atom. The number of hydrogen-bond acceptors (Lipinski definition) is 2. The van der Waals surface area contributed by atoms with Gasteiger partial charge in [-0.2, -0.15) is 5.10 Å². The second-order valence-corrected chi connectivity index (χ2v) is 6.02. The van der Waals surface area contributed by atoms with E-state index in [2.05, 4.69) is 66.2 Å². The van der Waals surface area contributed by atoms with Crippen LogP contribution in [-0.4, -0.2) is 22.9 Å². The minimum absolute atomic E-state index is 0.241. The van der Waals surface area contributed by atoms with Gasteiger partial charge in [0.25, 0.3) is 0 Å². The van der Waals surface area contributed by atoms with Gasteiger partial charge >= 0.3 is 0 Å². The summed E-state index contributed by atoms with van der Waals surface area (Å²) in [5, 5.41) is 8.03. The summed E-state index contributed by atoms with van der Waals surface area (Å²) in [6.45, 7) is 9.47. The van der Waals surface area contributed by atoms with Crippen molar-refractivity contribution in [1.82, 2.24) is 15.1 Å². The highest BCUT2D eigenvalue weighted by Crippen LogP contribution is 2.33. The Balaban J connectivity index is 1.93. The van der Waals surface area contributed by atoms with E-state index in [0.29, 0.717) is 0 Å². The van der Waals surface area contributed by atoms with Crippen molar-refractivity contribution >= 4 is 0 Å². The van der Waals surface area contributed by atoms with Gasteiger partial charge in [-0.1, -0.05) is 29.8 Å². The molecule has 0 unspecified atom stereocenters. The number of aromatic nitrogens is 2. The Labute approximate surface area is 121 Å². The van der Waals surface area contributed by atoms with Crippen LogP contribution in [0.3, 0.4) is 0 Å². The molecule has 1 saturated heterocycles. The van der Waals surface area contributed by atoms with Crippen molar-refractivity contribution in [2.75, 3.05) is 13.1 Å². The molecule has 1 fully saturated rings. The van der Waals surface area contributed by atoms with Gasteiger partial charge in [-0.15, -0.1) is 0 Å². The lowest BCUT2D eigenvalue weighted by atomic mass is 9.71. The van der Waals surface area contributed by atoms with Gasteiger partial charge in [0.05, 0.1) is 5.69 Å². The van der Waals surface area contributed by atoms with Crippen molar-refractivity contribution in [1.29, 1.82) is 0 Å². The number of hydrogen-bond donors (Lipinski definition) is 1. The van der Waals surface area contributed by atoms with Gasteiger partial charge in [-0.3, -0.25) is 4.68 Å². The quantitative estimate of drug-likeness (QED) is 0.924. The zero-order valence-electron chi connectivity index (χ0n) is 12.6. The van der Waals surface area contributed by atoms with Crippen LogP contribution in [0.1, 0.15) is 29.4 Å². The number of benzene rings is 1. The van der Waals surface area contributed by atoms with Gasteiger partial charge in [-0.25, -0.2) is 0 Å². The van der Waals surface area contributed by atoms with Crippen LogP contribution >= 0.6 is 0 Å². The molecule has 106 valence electrons. The third-order valence-corrected chi connectivity index (χ3v) is 4.36. The summed E-state index contributed by atoms with van der Waals surface area (Å²) in [6.07, 6.45) is 1.07. The molecular weight excluding hydrogens is 246 g/mol. The van der Waals surface area contributed by atoms with Crippen LogP contribution in [0.5, 0.6) is 0 Å². The second-order valence-electron chi connectivity index (χ2n) is 6.02. The maximum Gasteiger partial charge on any atom is 0.0596 e. The molecule has 3 heteroatoms. The Bertz CT molecular complexity index is 608. The molecule has 1 aliphatic heterocycles. The minimum Gasteiger partial charge on any atom is -0.315 e. The Kier molecular flexibility index (Phi) is 3.38. The molecular formula is C17H23N3. The standard InChI is InChI=1S/C17H23N3/c1-4-20-16(9-14(3)19-20)10-17(11-18-12-17)15-7-5-6-13(2)8-15/h5-9,18H,4,10-12H2,1-3H3. The Morgan fingerprint density at radius 2 is 2.05 bits per heavy atom. The molecule has 0 bridgehead atoms. The predicted molar refractivity (Wildman–Crippen MR) is 82.1 cm³/mol. The highest BCUT2D eigenvalue weighted by Gasteiger charge is 2.39. The maximum absolute atomic E-state index is 4.58. The maximum atomic E-state index is 4.58. The van der Waals surface area contributed by atoms with Crippen LogP contribution < -0.4 is 5.32 Å². The summed E-state index contributed by atoms with van der Waals surface area (Å²) in [5.74, 6) is 0. The van der Waals surface area contributed by atoms with Crippen LogP contribution in [0, 0.1) is 13.8 Å². The Hall–Kier alpha value is -1.61. The van der Waals surface area contributed by atoms with E-state index in [1.165, 1.54) is 16.8 Å². The molecule has 0 saturated carbocycles. The molecule has 3 rings (SSSR count). The molecule has 3 nitrogen and oxygen atoms in total. The normalized spacial score (nSPS) is 16.9. The van der Waals surface area contributed by atoms with Crippen LogP contribution in [-0.2, 0) is 18.4 Å². The Morgan fingerprint density at radius 1 is 1.25 bits per heavy atom. The van der Waals surface area contributed by atoms with Crippen LogP contribution in [0.2, 0.25) is 0 Å². The lowest BCUT2D eigenvalue weighted by Crippen LogP contribution is -2.58. The van der Waals surface area contributed by atoms with Gasteiger partial charge in [0.15, 0.2) is 0 Å². The predicted octanol–water partition coefficient (Wildman–Crippen LogP) is 2.60. The third kappa shape index (κ3) is 2.27. The first kappa shape index (κ1) is 13.4. The fourth-order valence-corrected chi connectivity index (χ4v) is 3.19. The number of rotatable bonds is 4. The largest absolute Gasteiger partial charge is 0.315 e. The zero-order valence-corrected chi connectivity index (χ0v) is 12.6. The fraction of sp³-hybridized carbons (Fsp3) is 0.471. The molecule has 20 heavy (non-hydrogen) atoms. The van der Waals surface area contributed by atoms with Crippen molar-refractivity contribution in [2.24, 2.45) is 0 Å². The van der Waals surface area contributed by atoms with Crippen molar-refractivity contribution in [3.05, 3.63) is 52.8 Å². The molecule has 1 aromatic carbocycles. The SMILES string of the molecule is CCn1nc(C)cc1CC1(c2cccc(C)c2)CNC1. The van der Waals surface area contributed by atoms with E-state index < -0.39 is 0 Å². The molecule has 0 radical (unpaired) electrons. The molecule has 1 N–H and O–H groups in total. The zero-order chi connectivity index (χ0) is 14.2. The molecule has 0 spiro atoms. The van der Waals surface area contributed by atoms with Crippen LogP contribution in [0.25, 0.3) is 0 Å². The van der Waals surface area contributed by atoms with Gasteiger partial charge in [0.2, 0.25) is 0 Å². The lowest BCUT2D eigenvalue weighted by molar-refractivity contribution is 0.268. The van der Waals surface area contributed by atoms with Gasteiger partial charge in [0.1, 0.15) is 0 Å². The molecule has 1 aliphatic rings. The molecule has 0 aliphatic carbocycles. The first-order valence-electron chi connectivity index (χ1n) is 7.44. The van der Waals surface area contributed by atoms with Crippen LogP contribution in [0.4, 0.5) is 0 Å². The van der Waals surface area contributed by atoms with Crippen molar-refractivity contribution in [2.45, 2.75) is 39.2 Å². The summed E-state index contributed by atoms with van der Waals surface area (Å²) in [6, 6.07) is 11.2. The lowest BCUT2D eigenvalue weighted by Gasteiger charge is -2.43. The molecule has 2 aromatic rings. The van der Waals surface area contributed by atoms with E-state index in [-0.39, 0.29) is 5.41 Å². The smallest absolute Gasteiger partial charge is 0.0596 e. The molecule has 0 atom stereocenters. The fourth-order valence-electron chi connectivity index (χ4n) is 3.19. The number of nitrogens with zero attached hydrogens (tertiary/aromatic N) is 2. The van der Waals surface area contributed by atoms with E-state index >= 15 is 0 Å². The highest BCUT2D eigenvalue weighted by atomic mass is 15.3. The first-order valence-corrected chi connectivity index (χ1v) is 7.44.